The van der Waals surface area contributed by atoms with Crippen molar-refractivity contribution in [2.45, 2.75) is 26.4 Å². The molecule has 0 radical (unpaired) electrons. The Bertz CT molecular complexity index is 1450. The number of carbonyl (C=O) groups is 1. The summed E-state index contributed by atoms with van der Waals surface area (Å²) in [5.41, 5.74) is 13.1. The van der Waals surface area contributed by atoms with Crippen molar-refractivity contribution in [3.8, 4) is 11.3 Å². The topological polar surface area (TPSA) is 117 Å². The quantitative estimate of drug-likeness (QED) is 0.371. The average Bonchev–Trinajstić information content (AvgIpc) is 3.52. The van der Waals surface area contributed by atoms with Crippen molar-refractivity contribution in [1.82, 2.24) is 29.8 Å². The Hall–Kier alpha value is -4.18. The molecule has 4 aromatic rings. The van der Waals surface area contributed by atoms with Crippen LogP contribution in [0, 0.1) is 0 Å². The monoisotopic (exact) mass is 483 g/mol. The van der Waals surface area contributed by atoms with Gasteiger partial charge in [-0.1, -0.05) is 6.07 Å². The van der Waals surface area contributed by atoms with Gasteiger partial charge in [0.1, 0.15) is 6.33 Å². The molecule has 6 rings (SSSR count). The summed E-state index contributed by atoms with van der Waals surface area (Å²) < 4.78 is 1.76. The van der Waals surface area contributed by atoms with Crippen LogP contribution in [0.2, 0.25) is 0 Å². The maximum Gasteiger partial charge on any atom is 0.251 e. The van der Waals surface area contributed by atoms with Crippen LogP contribution in [0.5, 0.6) is 0 Å². The SMILES string of the molecule is CC(C)N1CCN(c2ccc(Nc3ncc(-c4ccc5c(c4)CNC5=O)n4ncnc34)cc2N)CC1. The molecule has 4 N–H and O–H groups in total. The minimum Gasteiger partial charge on any atom is -0.397 e. The van der Waals surface area contributed by atoms with Crippen molar-refractivity contribution in [1.29, 1.82) is 0 Å². The zero-order chi connectivity index (χ0) is 24.8. The Balaban J connectivity index is 1.24. The van der Waals surface area contributed by atoms with Gasteiger partial charge in [-0.25, -0.2) is 14.5 Å². The van der Waals surface area contributed by atoms with Crippen molar-refractivity contribution in [3.63, 3.8) is 0 Å². The third-order valence-corrected chi connectivity index (χ3v) is 7.06. The maximum absolute atomic E-state index is 11.9. The molecule has 2 aliphatic rings. The molecule has 2 aliphatic heterocycles. The van der Waals surface area contributed by atoms with Gasteiger partial charge in [-0.15, -0.1) is 0 Å². The van der Waals surface area contributed by atoms with E-state index in [1.807, 2.05) is 30.3 Å². The standard InChI is InChI=1S/C26H29N9O/c1-16(2)33-7-9-34(10-8-33)22-6-4-19(12-21(22)27)32-24-25-30-15-31-35(25)23(14-28-24)17-3-5-20-18(11-17)13-29-26(20)36/h3-6,11-12,14-16H,7-10,13,27H2,1-2H3,(H,28,32)(H,29,36). The van der Waals surface area contributed by atoms with E-state index in [0.29, 0.717) is 29.6 Å². The minimum atomic E-state index is -0.0387. The molecule has 0 bridgehead atoms. The molecule has 1 amide bonds. The third-order valence-electron chi connectivity index (χ3n) is 7.06. The molecule has 36 heavy (non-hydrogen) atoms. The molecule has 4 heterocycles. The first-order valence-corrected chi connectivity index (χ1v) is 12.2. The van der Waals surface area contributed by atoms with E-state index < -0.39 is 0 Å². The second kappa shape index (κ2) is 8.80. The lowest BCUT2D eigenvalue weighted by atomic mass is 10.0. The number of carbonyl (C=O) groups excluding carboxylic acids is 1. The Morgan fingerprint density at radius 1 is 1.06 bits per heavy atom. The predicted octanol–water partition coefficient (Wildman–Crippen LogP) is 2.89. The van der Waals surface area contributed by atoms with Gasteiger partial charge in [-0.05, 0) is 49.7 Å². The van der Waals surface area contributed by atoms with E-state index >= 15 is 0 Å². The fourth-order valence-corrected chi connectivity index (χ4v) is 5.03. The van der Waals surface area contributed by atoms with Crippen LogP contribution in [-0.2, 0) is 6.54 Å². The van der Waals surface area contributed by atoms with Crippen molar-refractivity contribution in [2.24, 2.45) is 0 Å². The molecule has 2 aromatic heterocycles. The molecule has 10 heteroatoms. The summed E-state index contributed by atoms with van der Waals surface area (Å²) in [5.74, 6) is 0.551. The van der Waals surface area contributed by atoms with Gasteiger partial charge >= 0.3 is 0 Å². The molecule has 2 aromatic carbocycles. The fraction of sp³-hybridized carbons (Fsp3) is 0.308. The van der Waals surface area contributed by atoms with Crippen molar-refractivity contribution in [3.05, 3.63) is 60.0 Å². The Morgan fingerprint density at radius 3 is 2.67 bits per heavy atom. The van der Waals surface area contributed by atoms with Crippen LogP contribution in [0.15, 0.2) is 48.9 Å². The largest absolute Gasteiger partial charge is 0.397 e. The van der Waals surface area contributed by atoms with Gasteiger partial charge < -0.3 is 21.3 Å². The van der Waals surface area contributed by atoms with Gasteiger partial charge in [0.15, 0.2) is 11.5 Å². The Labute approximate surface area is 209 Å². The molecule has 0 aliphatic carbocycles. The lowest BCUT2D eigenvalue weighted by molar-refractivity contribution is 0.0965. The van der Waals surface area contributed by atoms with Gasteiger partial charge in [0.2, 0.25) is 0 Å². The number of fused-ring (bicyclic) bond motifs is 2. The van der Waals surface area contributed by atoms with Gasteiger partial charge in [-0.2, -0.15) is 5.10 Å². The summed E-state index contributed by atoms with van der Waals surface area (Å²) in [6.45, 7) is 9.01. The van der Waals surface area contributed by atoms with E-state index in [2.05, 4.69) is 55.4 Å². The number of nitrogens with zero attached hydrogens (tertiary/aromatic N) is 6. The third kappa shape index (κ3) is 3.89. The Kier molecular flexibility index (Phi) is 5.45. The molecule has 0 atom stereocenters. The molecule has 184 valence electrons. The van der Waals surface area contributed by atoms with E-state index in [4.69, 9.17) is 5.73 Å². The molecule has 0 unspecified atom stereocenters. The molecule has 1 fully saturated rings. The summed E-state index contributed by atoms with van der Waals surface area (Å²) in [5, 5.41) is 10.6. The molecule has 10 nitrogen and oxygen atoms in total. The molecular weight excluding hydrogens is 454 g/mol. The number of rotatable bonds is 5. The summed E-state index contributed by atoms with van der Waals surface area (Å²) in [6, 6.07) is 12.3. The summed E-state index contributed by atoms with van der Waals surface area (Å²) in [7, 11) is 0. The summed E-state index contributed by atoms with van der Waals surface area (Å²) in [4.78, 5) is 25.8. The van der Waals surface area contributed by atoms with Gasteiger partial charge in [0, 0.05) is 55.6 Å². The molecule has 0 saturated carbocycles. The average molecular weight is 484 g/mol. The zero-order valence-corrected chi connectivity index (χ0v) is 20.4. The van der Waals surface area contributed by atoms with E-state index in [-0.39, 0.29) is 5.91 Å². The number of nitrogen functional groups attached to an aromatic ring is 1. The number of anilines is 4. The van der Waals surface area contributed by atoms with E-state index in [9.17, 15) is 4.79 Å². The van der Waals surface area contributed by atoms with Crippen molar-refractivity contribution >= 4 is 34.4 Å². The van der Waals surface area contributed by atoms with Crippen LogP contribution in [0.1, 0.15) is 29.8 Å². The van der Waals surface area contributed by atoms with Crippen LogP contribution in [0.4, 0.5) is 22.9 Å². The fourth-order valence-electron chi connectivity index (χ4n) is 5.03. The number of nitrogens with two attached hydrogens (primary N) is 1. The van der Waals surface area contributed by atoms with E-state index in [1.165, 1.54) is 6.33 Å². The smallest absolute Gasteiger partial charge is 0.251 e. The highest BCUT2D eigenvalue weighted by Crippen LogP contribution is 2.31. The van der Waals surface area contributed by atoms with Crippen LogP contribution in [-0.4, -0.2) is 62.6 Å². The normalized spacial score (nSPS) is 16.0. The second-order valence-corrected chi connectivity index (χ2v) is 9.56. The van der Waals surface area contributed by atoms with Crippen LogP contribution >= 0.6 is 0 Å². The number of piperazine rings is 1. The second-order valence-electron chi connectivity index (χ2n) is 9.56. The van der Waals surface area contributed by atoms with Gasteiger partial charge in [0.05, 0.1) is 23.3 Å². The number of hydrogen-bond donors (Lipinski definition) is 3. The van der Waals surface area contributed by atoms with Crippen LogP contribution < -0.4 is 21.3 Å². The number of amides is 1. The lowest BCUT2D eigenvalue weighted by Crippen LogP contribution is -2.49. The van der Waals surface area contributed by atoms with Crippen LogP contribution in [0.25, 0.3) is 16.9 Å². The first-order chi connectivity index (χ1) is 17.5. The summed E-state index contributed by atoms with van der Waals surface area (Å²) >= 11 is 0. The first kappa shape index (κ1) is 22.3. The number of hydrogen-bond acceptors (Lipinski definition) is 8. The minimum absolute atomic E-state index is 0.0387. The van der Waals surface area contributed by atoms with Crippen molar-refractivity contribution < 1.29 is 4.79 Å². The molecule has 1 saturated heterocycles. The maximum atomic E-state index is 11.9. The highest BCUT2D eigenvalue weighted by molar-refractivity contribution is 5.98. The number of nitrogens with one attached hydrogen (secondary N) is 2. The zero-order valence-electron chi connectivity index (χ0n) is 20.4. The van der Waals surface area contributed by atoms with Gasteiger partial charge in [0.25, 0.3) is 5.91 Å². The molecule has 0 spiro atoms. The van der Waals surface area contributed by atoms with Crippen molar-refractivity contribution in [2.75, 3.05) is 42.1 Å². The highest BCUT2D eigenvalue weighted by atomic mass is 16.1. The molecular formula is C26H29N9O. The first-order valence-electron chi connectivity index (χ1n) is 12.2. The van der Waals surface area contributed by atoms with E-state index in [0.717, 1.165) is 60.1 Å². The Morgan fingerprint density at radius 2 is 1.89 bits per heavy atom. The summed E-state index contributed by atoms with van der Waals surface area (Å²) in [6.07, 6.45) is 3.28. The number of aromatic nitrogens is 4. The lowest BCUT2D eigenvalue weighted by Gasteiger charge is -2.38. The highest BCUT2D eigenvalue weighted by Gasteiger charge is 2.22. The van der Waals surface area contributed by atoms with E-state index in [1.54, 1.807) is 10.7 Å². The number of benzene rings is 2. The predicted molar refractivity (Wildman–Crippen MR) is 140 cm³/mol. The van der Waals surface area contributed by atoms with Crippen LogP contribution in [0.3, 0.4) is 0 Å². The van der Waals surface area contributed by atoms with Gasteiger partial charge in [-0.3, -0.25) is 9.69 Å².